The van der Waals surface area contributed by atoms with E-state index in [0.717, 1.165) is 37.8 Å². The minimum Gasteiger partial charge on any atom is -0.339 e. The third-order valence-electron chi connectivity index (χ3n) is 8.64. The Bertz CT molecular complexity index is 1450. The molecule has 2 fully saturated rings. The minimum absolute atomic E-state index is 0.0106. The normalized spacial score (nSPS) is 21.0. The van der Waals surface area contributed by atoms with E-state index in [0.29, 0.717) is 18.8 Å². The van der Waals surface area contributed by atoms with Crippen molar-refractivity contribution in [1.29, 1.82) is 0 Å². The van der Waals surface area contributed by atoms with Crippen molar-refractivity contribution in [2.45, 2.75) is 64.3 Å². The molecule has 230 valence electrons. The van der Waals surface area contributed by atoms with Crippen molar-refractivity contribution in [2.24, 2.45) is 5.92 Å². The van der Waals surface area contributed by atoms with E-state index >= 15 is 0 Å². The van der Waals surface area contributed by atoms with Crippen molar-refractivity contribution in [1.82, 2.24) is 4.90 Å². The van der Waals surface area contributed by atoms with Gasteiger partial charge in [0.15, 0.2) is 9.84 Å². The van der Waals surface area contributed by atoms with Gasteiger partial charge in [-0.2, -0.15) is 0 Å². The third kappa shape index (κ3) is 8.92. The van der Waals surface area contributed by atoms with E-state index in [2.05, 4.69) is 54.3 Å². The zero-order chi connectivity index (χ0) is 31.6. The zero-order valence-corrected chi connectivity index (χ0v) is 26.0. The summed E-state index contributed by atoms with van der Waals surface area (Å²) < 4.78 is 35.6. The van der Waals surface area contributed by atoms with Crippen molar-refractivity contribution in [3.8, 4) is 0 Å². The lowest BCUT2D eigenvalue weighted by atomic mass is 9.78. The van der Waals surface area contributed by atoms with Crippen LogP contribution in [-0.2, 0) is 37.1 Å². The summed E-state index contributed by atoms with van der Waals surface area (Å²) >= 11 is 0. The molecule has 6 nitrogen and oxygen atoms in total. The molecule has 3 aromatic rings. The predicted octanol–water partition coefficient (Wildman–Crippen LogP) is 5.81. The van der Waals surface area contributed by atoms with Gasteiger partial charge >= 0.3 is 0 Å². The molecule has 1 amide bonds. The largest absolute Gasteiger partial charge is 0.339 e. The van der Waals surface area contributed by atoms with Crippen LogP contribution >= 0.6 is 0 Å². The summed E-state index contributed by atoms with van der Waals surface area (Å²) in [5.74, 6) is 0.858. The predicted molar refractivity (Wildman–Crippen MR) is 168 cm³/mol. The maximum absolute atomic E-state index is 13.0. The van der Waals surface area contributed by atoms with Gasteiger partial charge < -0.3 is 14.5 Å². The first-order valence-corrected chi connectivity index (χ1v) is 16.5. The van der Waals surface area contributed by atoms with E-state index in [9.17, 15) is 17.6 Å². The van der Waals surface area contributed by atoms with Gasteiger partial charge in [-0.1, -0.05) is 60.2 Å². The molecular weight excluding hydrogens is 565 g/mol. The molecule has 8 heteroatoms. The highest BCUT2D eigenvalue weighted by Gasteiger charge is 2.41. The Balaban J connectivity index is 0.000000359. The van der Waals surface area contributed by atoms with Crippen molar-refractivity contribution >= 4 is 29.3 Å². The fourth-order valence-electron chi connectivity index (χ4n) is 6.49. The van der Waals surface area contributed by atoms with Gasteiger partial charge in [0.1, 0.15) is 19.4 Å². The van der Waals surface area contributed by atoms with Gasteiger partial charge in [-0.05, 0) is 91.8 Å². The molecular formula is C35H42FNO5S. The Hall–Kier alpha value is -3.65. The molecule has 3 aliphatic rings. The molecule has 0 spiro atoms. The molecule has 6 rings (SSSR count). The molecule has 0 bridgehead atoms. The molecule has 43 heavy (non-hydrogen) atoms. The summed E-state index contributed by atoms with van der Waals surface area (Å²) in [5, 5.41) is 0. The Morgan fingerprint density at radius 2 is 1.63 bits per heavy atom. The number of benzene rings is 3. The molecule has 0 saturated carbocycles. The smallest absolute Gasteiger partial charge is 0.223 e. The SMILES string of the molecule is C=O.C=O.Cc1ccc(F)cc1.Cc1ccccc1Cc1ccc2c(c1)CC[C@@H]1C2CCN1C(=O)CC1CCS(=O)(=O)C1. The maximum Gasteiger partial charge on any atom is 0.223 e. The van der Waals surface area contributed by atoms with Crippen LogP contribution in [0.2, 0.25) is 0 Å². The fourth-order valence-corrected chi connectivity index (χ4v) is 8.35. The first kappa shape index (κ1) is 33.8. The van der Waals surface area contributed by atoms with Crippen LogP contribution in [0, 0.1) is 25.6 Å². The van der Waals surface area contributed by atoms with Crippen LogP contribution in [0.5, 0.6) is 0 Å². The number of amides is 1. The molecule has 0 N–H and O–H groups in total. The Morgan fingerprint density at radius 1 is 0.930 bits per heavy atom. The molecule has 0 aromatic heterocycles. The lowest BCUT2D eigenvalue weighted by Gasteiger charge is -2.34. The van der Waals surface area contributed by atoms with Gasteiger partial charge in [-0.15, -0.1) is 0 Å². The second-order valence-electron chi connectivity index (χ2n) is 11.5. The molecule has 3 aromatic carbocycles. The molecule has 1 aliphatic carbocycles. The highest BCUT2D eigenvalue weighted by Crippen LogP contribution is 2.42. The van der Waals surface area contributed by atoms with E-state index < -0.39 is 9.84 Å². The highest BCUT2D eigenvalue weighted by atomic mass is 32.2. The number of likely N-dealkylation sites (tertiary alicyclic amines) is 1. The lowest BCUT2D eigenvalue weighted by Crippen LogP contribution is -2.40. The van der Waals surface area contributed by atoms with Crippen molar-refractivity contribution in [3.63, 3.8) is 0 Å². The van der Waals surface area contributed by atoms with Gasteiger partial charge in [0.25, 0.3) is 0 Å². The first-order valence-electron chi connectivity index (χ1n) is 14.6. The monoisotopic (exact) mass is 607 g/mol. The van der Waals surface area contributed by atoms with Gasteiger partial charge in [-0.25, -0.2) is 12.8 Å². The number of carbonyl (C=O) groups excluding carboxylic acids is 3. The summed E-state index contributed by atoms with van der Waals surface area (Å²) in [6.45, 7) is 8.90. The average molecular weight is 608 g/mol. The summed E-state index contributed by atoms with van der Waals surface area (Å²) in [6.07, 6.45) is 5.04. The van der Waals surface area contributed by atoms with E-state index in [-0.39, 0.29) is 35.2 Å². The van der Waals surface area contributed by atoms with Crippen LogP contribution < -0.4 is 0 Å². The summed E-state index contributed by atoms with van der Waals surface area (Å²) in [4.78, 5) is 31.1. The molecule has 2 saturated heterocycles. The second-order valence-corrected chi connectivity index (χ2v) is 13.7. The Kier molecular flexibility index (Phi) is 12.4. The summed E-state index contributed by atoms with van der Waals surface area (Å²) in [5.41, 5.74) is 8.03. The van der Waals surface area contributed by atoms with E-state index in [1.807, 2.05) is 20.5 Å². The summed E-state index contributed by atoms with van der Waals surface area (Å²) in [7, 11) is -2.93. The standard InChI is InChI=1S/C26H31NO3S.C7H7F.2CH2O/c1-18-4-2-3-5-21(18)14-19-6-8-23-22(15-19)7-9-25-24(23)10-12-27(25)26(28)16-20-11-13-31(29,30)17-20;1-6-2-4-7(8)5-3-6;2*1-2/h2-6,8,15,20,24-25H,7,9-14,16-17H2,1H3;2-5H,1H3;2*1H2/t20?,24?,25-;;;/m1.../s1. The number of nitrogens with zero attached hydrogens (tertiary/aromatic N) is 1. The van der Waals surface area contributed by atoms with Crippen molar-refractivity contribution in [3.05, 3.63) is 106 Å². The van der Waals surface area contributed by atoms with Gasteiger partial charge in [0.2, 0.25) is 5.91 Å². The minimum atomic E-state index is -2.93. The van der Waals surface area contributed by atoms with E-state index in [4.69, 9.17) is 9.59 Å². The maximum atomic E-state index is 13.0. The Morgan fingerprint density at radius 3 is 2.26 bits per heavy atom. The van der Waals surface area contributed by atoms with Gasteiger partial charge in [-0.3, -0.25) is 4.79 Å². The highest BCUT2D eigenvalue weighted by molar-refractivity contribution is 7.91. The fraction of sp³-hybridized carbons (Fsp3) is 0.400. The topological polar surface area (TPSA) is 88.6 Å². The molecule has 2 heterocycles. The lowest BCUT2D eigenvalue weighted by molar-refractivity contribution is -0.133. The number of hydrogen-bond acceptors (Lipinski definition) is 5. The number of halogens is 1. The van der Waals surface area contributed by atoms with Crippen LogP contribution in [0.4, 0.5) is 4.39 Å². The number of carbonyl (C=O) groups is 3. The number of rotatable bonds is 4. The van der Waals surface area contributed by atoms with Crippen molar-refractivity contribution in [2.75, 3.05) is 18.1 Å². The number of fused-ring (bicyclic) bond motifs is 3. The number of aryl methyl sites for hydroxylation is 3. The Labute approximate surface area is 255 Å². The van der Waals surface area contributed by atoms with Crippen LogP contribution in [0.15, 0.2) is 66.7 Å². The third-order valence-corrected chi connectivity index (χ3v) is 10.5. The molecule has 0 radical (unpaired) electrons. The number of hydrogen-bond donors (Lipinski definition) is 0. The second kappa shape index (κ2) is 15.7. The average Bonchev–Trinajstić information content (AvgIpc) is 3.60. The number of sulfone groups is 1. The molecule has 3 atom stereocenters. The molecule has 2 unspecified atom stereocenters. The van der Waals surface area contributed by atoms with Crippen LogP contribution in [0.3, 0.4) is 0 Å². The van der Waals surface area contributed by atoms with Crippen LogP contribution in [0.1, 0.15) is 65.0 Å². The van der Waals surface area contributed by atoms with Crippen LogP contribution in [0.25, 0.3) is 0 Å². The van der Waals surface area contributed by atoms with E-state index in [1.165, 1.54) is 39.9 Å². The van der Waals surface area contributed by atoms with Crippen LogP contribution in [-0.4, -0.2) is 56.9 Å². The quantitative estimate of drug-likeness (QED) is 0.374. The summed E-state index contributed by atoms with van der Waals surface area (Å²) in [6, 6.07) is 22.2. The zero-order valence-electron chi connectivity index (χ0n) is 25.1. The van der Waals surface area contributed by atoms with E-state index in [1.54, 1.807) is 12.1 Å². The first-order chi connectivity index (χ1) is 20.7. The van der Waals surface area contributed by atoms with Crippen molar-refractivity contribution < 1.29 is 27.2 Å². The molecule has 2 aliphatic heterocycles. The van der Waals surface area contributed by atoms with Gasteiger partial charge in [0, 0.05) is 24.9 Å². The van der Waals surface area contributed by atoms with Gasteiger partial charge in [0.05, 0.1) is 11.5 Å².